The third-order valence-corrected chi connectivity index (χ3v) is 9.54. The zero-order chi connectivity index (χ0) is 40.6. The lowest BCUT2D eigenvalue weighted by Crippen LogP contribution is -2.30. The fraction of sp³-hybridized carbons (Fsp3) is 0.467. The number of carbonyl (C=O) groups is 1. The number of hydrogen-bond acceptors (Lipinski definition) is 8. The van der Waals surface area contributed by atoms with Crippen LogP contribution in [-0.2, 0) is 4.79 Å². The average molecular weight is 770 g/mol. The van der Waals surface area contributed by atoms with E-state index in [4.69, 9.17) is 14.7 Å². The quantitative estimate of drug-likeness (QED) is 0.0699. The molecule has 0 spiro atoms. The van der Waals surface area contributed by atoms with Gasteiger partial charge < -0.3 is 19.9 Å². The summed E-state index contributed by atoms with van der Waals surface area (Å²) in [5.41, 5.74) is 3.31. The van der Waals surface area contributed by atoms with Crippen LogP contribution in [0.2, 0.25) is 0 Å². The van der Waals surface area contributed by atoms with Crippen LogP contribution in [0.25, 0.3) is 0 Å². The molecule has 2 aliphatic heterocycles. The van der Waals surface area contributed by atoms with Crippen LogP contribution in [0.15, 0.2) is 88.6 Å². The third-order valence-electron chi connectivity index (χ3n) is 9.54. The number of aromatic nitrogens is 1. The first-order valence-electron chi connectivity index (χ1n) is 20.1. The van der Waals surface area contributed by atoms with Gasteiger partial charge >= 0.3 is 0 Å². The second kappa shape index (κ2) is 22.0. The van der Waals surface area contributed by atoms with Crippen molar-refractivity contribution in [3.63, 3.8) is 0 Å². The van der Waals surface area contributed by atoms with E-state index in [-0.39, 0.29) is 17.2 Å². The molecule has 302 valence electrons. The molecule has 0 fully saturated rings. The molecule has 0 saturated carbocycles. The minimum atomic E-state index is -0.731. The van der Waals surface area contributed by atoms with Gasteiger partial charge in [0.2, 0.25) is 0 Å². The molecule has 11 heteroatoms. The van der Waals surface area contributed by atoms with Gasteiger partial charge in [-0.1, -0.05) is 58.8 Å². The second-order valence-electron chi connectivity index (χ2n) is 15.0. The zero-order valence-corrected chi connectivity index (χ0v) is 34.6. The molecule has 1 aromatic carbocycles. The fourth-order valence-electron chi connectivity index (χ4n) is 6.83. The Hall–Kier alpha value is -4.90. The molecule has 0 radical (unpaired) electrons. The highest BCUT2D eigenvalue weighted by Crippen LogP contribution is 2.37. The van der Waals surface area contributed by atoms with Crippen LogP contribution >= 0.6 is 0 Å². The molecule has 2 atom stereocenters. The van der Waals surface area contributed by atoms with Crippen LogP contribution in [-0.4, -0.2) is 66.5 Å². The monoisotopic (exact) mass is 769 g/mol. The van der Waals surface area contributed by atoms with Gasteiger partial charge in [0.1, 0.15) is 17.3 Å². The Labute approximate surface area is 333 Å². The number of anilines is 2. The largest absolute Gasteiger partial charge is 0.454 e. The van der Waals surface area contributed by atoms with E-state index in [1.165, 1.54) is 5.56 Å². The van der Waals surface area contributed by atoms with Crippen molar-refractivity contribution >= 4 is 29.3 Å². The van der Waals surface area contributed by atoms with Crippen LogP contribution in [0.3, 0.4) is 0 Å². The molecule has 0 bridgehead atoms. The van der Waals surface area contributed by atoms with Crippen LogP contribution in [0.5, 0.6) is 5.75 Å². The van der Waals surface area contributed by atoms with Gasteiger partial charge in [0.25, 0.3) is 0 Å². The number of pyridine rings is 1. The summed E-state index contributed by atoms with van der Waals surface area (Å²) in [6, 6.07) is 4.32. The lowest BCUT2D eigenvalue weighted by atomic mass is 9.92. The lowest BCUT2D eigenvalue weighted by molar-refractivity contribution is -0.114. The van der Waals surface area contributed by atoms with Crippen LogP contribution in [0, 0.1) is 24.5 Å². The number of nitrogens with zero attached hydrogens (tertiary/aromatic N) is 6. The maximum absolute atomic E-state index is 15.9. The molecule has 2 aromatic rings. The minimum Gasteiger partial charge on any atom is -0.454 e. The molecule has 0 amide bonds. The van der Waals surface area contributed by atoms with Crippen LogP contribution in [0.4, 0.5) is 20.3 Å². The number of hydrazone groups is 1. The summed E-state index contributed by atoms with van der Waals surface area (Å²) < 4.78 is 37.4. The molecule has 1 aromatic heterocycles. The van der Waals surface area contributed by atoms with E-state index in [1.807, 2.05) is 58.0 Å². The molecule has 56 heavy (non-hydrogen) atoms. The SMILES string of the molecule is C/C=N\N1C=CC(Oc2cc(F)c(NC(=N/C=C/CCC)c3nc4c(cc3C)C(C)CC(C)CN4CCCCCC(=O)/C=C/CN(C)C)cc2F)=C/C1=C\CC. The van der Waals surface area contributed by atoms with Gasteiger partial charge in [-0.15, -0.1) is 0 Å². The Bertz CT molecular complexity index is 1860. The van der Waals surface area contributed by atoms with Crippen LogP contribution in [0.1, 0.15) is 109 Å². The number of ether oxygens (including phenoxy) is 1. The van der Waals surface area contributed by atoms with E-state index in [0.717, 1.165) is 93.8 Å². The summed E-state index contributed by atoms with van der Waals surface area (Å²) in [7, 11) is 3.96. The van der Waals surface area contributed by atoms with Gasteiger partial charge in [-0.05, 0) is 101 Å². The number of rotatable bonds is 18. The summed E-state index contributed by atoms with van der Waals surface area (Å²) in [5.74, 6) is 0.798. The molecule has 9 nitrogen and oxygen atoms in total. The number of unbranched alkanes of at least 4 members (excludes halogenated alkanes) is 3. The number of fused-ring (bicyclic) bond motifs is 1. The summed E-state index contributed by atoms with van der Waals surface area (Å²) in [6.07, 6.45) is 22.8. The van der Waals surface area contributed by atoms with E-state index in [0.29, 0.717) is 35.5 Å². The molecular weight excluding hydrogens is 709 g/mol. The van der Waals surface area contributed by atoms with E-state index >= 15 is 8.78 Å². The van der Waals surface area contributed by atoms with Crippen molar-refractivity contribution in [3.05, 3.63) is 107 Å². The first kappa shape index (κ1) is 43.8. The van der Waals surface area contributed by atoms with Crippen molar-refractivity contribution in [3.8, 4) is 5.75 Å². The smallest absolute Gasteiger partial charge is 0.168 e. The number of amidine groups is 1. The van der Waals surface area contributed by atoms with Crippen molar-refractivity contribution in [2.45, 2.75) is 98.8 Å². The third kappa shape index (κ3) is 12.8. The standard InChI is InChI=1S/C45H61F2N7O2/c1-9-12-15-22-48-44(50-41-29-40(47)42(30-39(41)46)56-37-21-25-54(49-11-3)35(28-37)18-10-2)43-34(6)27-38-33(5)26-32(4)31-53(45(38)51-43)24-16-13-14-19-36(55)20-17-23-52(7)8/h11,15,17-18,20-22,25,27-30,32-33H,9-10,12-14,16,19,23-24,26,31H2,1-8H3,(H,48,50)/b20-17+,22-15+,35-18+,49-11-. The molecule has 0 saturated heterocycles. The number of ketones is 1. The highest BCUT2D eigenvalue weighted by atomic mass is 19.1. The number of nitrogens with one attached hydrogen (secondary N) is 1. The zero-order valence-electron chi connectivity index (χ0n) is 34.6. The van der Waals surface area contributed by atoms with Crippen molar-refractivity contribution in [1.29, 1.82) is 0 Å². The first-order chi connectivity index (χ1) is 26.9. The summed E-state index contributed by atoms with van der Waals surface area (Å²) in [5, 5.41) is 9.09. The number of carbonyl (C=O) groups excluding carboxylic acids is 1. The first-order valence-corrected chi connectivity index (χ1v) is 20.1. The number of halogens is 2. The van der Waals surface area contributed by atoms with E-state index in [2.05, 4.69) is 42.2 Å². The molecule has 3 heterocycles. The lowest BCUT2D eigenvalue weighted by Gasteiger charge is -2.27. The number of hydrogen-bond donors (Lipinski definition) is 1. The van der Waals surface area contributed by atoms with Crippen molar-refractivity contribution in [1.82, 2.24) is 14.9 Å². The number of aryl methyl sites for hydroxylation is 1. The summed E-state index contributed by atoms with van der Waals surface area (Å²) >= 11 is 0. The molecular formula is C45H61F2N7O2. The Morgan fingerprint density at radius 1 is 1.11 bits per heavy atom. The predicted octanol–water partition coefficient (Wildman–Crippen LogP) is 10.4. The van der Waals surface area contributed by atoms with Crippen molar-refractivity contribution in [2.75, 3.05) is 43.9 Å². The number of allylic oxidation sites excluding steroid dienone is 5. The van der Waals surface area contributed by atoms with Gasteiger partial charge in [0.15, 0.2) is 29.0 Å². The van der Waals surface area contributed by atoms with Gasteiger partial charge in [-0.25, -0.2) is 23.8 Å². The number of benzene rings is 1. The van der Waals surface area contributed by atoms with Crippen molar-refractivity contribution in [2.24, 2.45) is 16.0 Å². The Morgan fingerprint density at radius 3 is 2.64 bits per heavy atom. The van der Waals surface area contributed by atoms with Gasteiger partial charge in [-0.2, -0.15) is 5.10 Å². The molecule has 1 N–H and O–H groups in total. The maximum atomic E-state index is 15.9. The van der Waals surface area contributed by atoms with Gasteiger partial charge in [0.05, 0.1) is 11.4 Å². The predicted molar refractivity (Wildman–Crippen MR) is 227 cm³/mol. The normalized spacial score (nSPS) is 18.4. The van der Waals surface area contributed by atoms with Gasteiger partial charge in [-0.3, -0.25) is 4.79 Å². The topological polar surface area (TPSA) is 85.7 Å². The number of aliphatic imine (C=N–C) groups is 1. The molecule has 2 unspecified atom stereocenters. The molecule has 4 rings (SSSR count). The van der Waals surface area contributed by atoms with E-state index in [1.54, 1.807) is 41.9 Å². The van der Waals surface area contributed by atoms with E-state index < -0.39 is 11.6 Å². The number of likely N-dealkylation sites (N-methyl/N-ethyl adjacent to an activating group) is 1. The Morgan fingerprint density at radius 2 is 1.91 bits per heavy atom. The highest BCUT2D eigenvalue weighted by molar-refractivity contribution is 6.08. The summed E-state index contributed by atoms with van der Waals surface area (Å²) in [4.78, 5) is 26.7. The fourth-order valence-corrected chi connectivity index (χ4v) is 6.83. The second-order valence-corrected chi connectivity index (χ2v) is 15.0. The van der Waals surface area contributed by atoms with Crippen LogP contribution < -0.4 is 15.0 Å². The van der Waals surface area contributed by atoms with Gasteiger partial charge in [0, 0.05) is 62.9 Å². The Balaban J connectivity index is 1.60. The summed E-state index contributed by atoms with van der Waals surface area (Å²) in [6.45, 7) is 14.8. The Kier molecular flexibility index (Phi) is 17.2. The molecule has 2 aliphatic rings. The minimum absolute atomic E-state index is 0.0817. The molecule has 0 aliphatic carbocycles. The maximum Gasteiger partial charge on any atom is 0.168 e. The van der Waals surface area contributed by atoms with Crippen molar-refractivity contribution < 1.29 is 18.3 Å². The van der Waals surface area contributed by atoms with E-state index in [9.17, 15) is 4.79 Å². The highest BCUT2D eigenvalue weighted by Gasteiger charge is 2.28. The average Bonchev–Trinajstić information content (AvgIpc) is 3.26.